The molecule has 3 rings (SSSR count). The molecule has 1 aliphatic carbocycles. The smallest absolute Gasteiger partial charge is 0.488 e. The lowest BCUT2D eigenvalue weighted by molar-refractivity contribution is 0.184. The molecule has 2 aromatic rings. The Morgan fingerprint density at radius 2 is 1.52 bits per heavy atom. The molecule has 0 radical (unpaired) electrons. The third kappa shape index (κ3) is 3.58. The van der Waals surface area contributed by atoms with Crippen molar-refractivity contribution in [1.82, 2.24) is 0 Å². The lowest BCUT2D eigenvalue weighted by Crippen LogP contribution is -2.29. The molecule has 1 fully saturated rings. The molecule has 0 amide bonds. The van der Waals surface area contributed by atoms with Gasteiger partial charge in [-0.1, -0.05) is 37.1 Å². The molecule has 110 valence electrons. The number of ether oxygens (including phenoxy) is 1. The summed E-state index contributed by atoms with van der Waals surface area (Å²) in [5, 5.41) is 20.5. The van der Waals surface area contributed by atoms with Crippen LogP contribution in [0, 0.1) is 0 Å². The lowest BCUT2D eigenvalue weighted by Gasteiger charge is -2.17. The summed E-state index contributed by atoms with van der Waals surface area (Å²) in [6, 6.07) is 11.4. The number of rotatable bonds is 3. The lowest BCUT2D eigenvalue weighted by atomic mass is 9.79. The van der Waals surface area contributed by atoms with Gasteiger partial charge in [-0.2, -0.15) is 0 Å². The second kappa shape index (κ2) is 6.50. The van der Waals surface area contributed by atoms with Gasteiger partial charge in [-0.25, -0.2) is 0 Å². The highest BCUT2D eigenvalue weighted by atomic mass is 16.5. The summed E-state index contributed by atoms with van der Waals surface area (Å²) in [5.41, 5.74) is 0.514. The zero-order valence-corrected chi connectivity index (χ0v) is 12.2. The van der Waals surface area contributed by atoms with Gasteiger partial charge in [0, 0.05) is 0 Å². The average molecular weight is 284 g/mol. The van der Waals surface area contributed by atoms with Crippen LogP contribution < -0.4 is 10.2 Å². The van der Waals surface area contributed by atoms with Gasteiger partial charge in [-0.05, 0) is 54.1 Å². The highest BCUT2D eigenvalue weighted by Gasteiger charge is 2.14. The predicted octanol–water partition coefficient (Wildman–Crippen LogP) is 2.62. The van der Waals surface area contributed by atoms with Crippen LogP contribution >= 0.6 is 0 Å². The third-order valence-corrected chi connectivity index (χ3v) is 4.24. The Kier molecular flexibility index (Phi) is 4.46. The zero-order valence-electron chi connectivity index (χ0n) is 12.2. The van der Waals surface area contributed by atoms with Crippen LogP contribution in [0.25, 0.3) is 10.8 Å². The minimum absolute atomic E-state index is 0.337. The molecule has 0 unspecified atom stereocenters. The van der Waals surface area contributed by atoms with Gasteiger partial charge in [0.1, 0.15) is 5.75 Å². The van der Waals surface area contributed by atoms with Crippen molar-refractivity contribution in [3.8, 4) is 5.75 Å². The summed E-state index contributed by atoms with van der Waals surface area (Å²) in [5.74, 6) is 0.909. The standard InChI is InChI=1S/C17H21BO3/c19-18(20)15-9-7-14-12-17(10-8-13(14)11-15)21-16-5-3-1-2-4-6-16/h7-12,16,19-20H,1-6H2. The second-order valence-corrected chi connectivity index (χ2v) is 5.87. The Morgan fingerprint density at radius 3 is 2.24 bits per heavy atom. The van der Waals surface area contributed by atoms with Crippen molar-refractivity contribution >= 4 is 23.4 Å². The molecule has 0 aliphatic heterocycles. The highest BCUT2D eigenvalue weighted by molar-refractivity contribution is 6.58. The molecule has 1 aliphatic rings. The molecule has 0 heterocycles. The fourth-order valence-electron chi connectivity index (χ4n) is 3.03. The topological polar surface area (TPSA) is 49.7 Å². The van der Waals surface area contributed by atoms with Crippen LogP contribution in [0.2, 0.25) is 0 Å². The van der Waals surface area contributed by atoms with Gasteiger partial charge in [-0.3, -0.25) is 0 Å². The summed E-state index contributed by atoms with van der Waals surface area (Å²) in [6.07, 6.45) is 7.80. The van der Waals surface area contributed by atoms with Gasteiger partial charge >= 0.3 is 7.12 Å². The highest BCUT2D eigenvalue weighted by Crippen LogP contribution is 2.25. The number of hydrogen-bond acceptors (Lipinski definition) is 3. The average Bonchev–Trinajstić information content (AvgIpc) is 2.75. The molecule has 0 saturated heterocycles. The Bertz CT molecular complexity index is 604. The largest absolute Gasteiger partial charge is 0.490 e. The van der Waals surface area contributed by atoms with Gasteiger partial charge in [0.05, 0.1) is 6.10 Å². The first-order valence-electron chi connectivity index (χ1n) is 7.79. The fourth-order valence-corrected chi connectivity index (χ4v) is 3.03. The van der Waals surface area contributed by atoms with Crippen molar-refractivity contribution in [2.24, 2.45) is 0 Å². The van der Waals surface area contributed by atoms with E-state index in [1.807, 2.05) is 24.3 Å². The van der Waals surface area contributed by atoms with E-state index in [1.54, 1.807) is 12.1 Å². The molecule has 3 nitrogen and oxygen atoms in total. The molecule has 2 aromatic carbocycles. The van der Waals surface area contributed by atoms with E-state index in [1.165, 1.54) is 25.7 Å². The summed E-state index contributed by atoms with van der Waals surface area (Å²) in [4.78, 5) is 0. The number of hydrogen-bond donors (Lipinski definition) is 2. The van der Waals surface area contributed by atoms with Crippen LogP contribution in [0.15, 0.2) is 36.4 Å². The minimum Gasteiger partial charge on any atom is -0.490 e. The molecule has 0 spiro atoms. The second-order valence-electron chi connectivity index (χ2n) is 5.87. The van der Waals surface area contributed by atoms with Crippen molar-refractivity contribution in [3.63, 3.8) is 0 Å². The maximum Gasteiger partial charge on any atom is 0.488 e. The monoisotopic (exact) mass is 284 g/mol. The molecule has 4 heteroatoms. The van der Waals surface area contributed by atoms with Crippen LogP contribution in [0.5, 0.6) is 5.75 Å². The molecule has 0 atom stereocenters. The number of benzene rings is 2. The third-order valence-electron chi connectivity index (χ3n) is 4.24. The summed E-state index contributed by atoms with van der Waals surface area (Å²) >= 11 is 0. The van der Waals surface area contributed by atoms with E-state index < -0.39 is 7.12 Å². The Labute approximate surface area is 125 Å². The van der Waals surface area contributed by atoms with Crippen molar-refractivity contribution < 1.29 is 14.8 Å². The van der Waals surface area contributed by atoms with E-state index in [2.05, 4.69) is 0 Å². The first-order chi connectivity index (χ1) is 10.2. The van der Waals surface area contributed by atoms with Gasteiger partial charge < -0.3 is 14.8 Å². The van der Waals surface area contributed by atoms with E-state index in [9.17, 15) is 10.0 Å². The van der Waals surface area contributed by atoms with E-state index in [0.717, 1.165) is 29.4 Å². The van der Waals surface area contributed by atoms with Crippen molar-refractivity contribution in [2.75, 3.05) is 0 Å². The molecule has 2 N–H and O–H groups in total. The van der Waals surface area contributed by atoms with Gasteiger partial charge in [-0.15, -0.1) is 0 Å². The Morgan fingerprint density at radius 1 is 0.857 bits per heavy atom. The summed E-state index contributed by atoms with van der Waals surface area (Å²) in [6.45, 7) is 0. The molecule has 0 aromatic heterocycles. The maximum atomic E-state index is 9.21. The van der Waals surface area contributed by atoms with Crippen LogP contribution in [0.4, 0.5) is 0 Å². The molecular formula is C17H21BO3. The molecule has 0 bridgehead atoms. The van der Waals surface area contributed by atoms with Gasteiger partial charge in [0.25, 0.3) is 0 Å². The van der Waals surface area contributed by atoms with E-state index in [0.29, 0.717) is 11.6 Å². The SMILES string of the molecule is OB(O)c1ccc2cc(OC3CCCCCC3)ccc2c1. The van der Waals surface area contributed by atoms with E-state index in [4.69, 9.17) is 4.74 Å². The zero-order chi connectivity index (χ0) is 14.7. The minimum atomic E-state index is -1.42. The Balaban J connectivity index is 1.78. The molecule has 1 saturated carbocycles. The first kappa shape index (κ1) is 14.4. The summed E-state index contributed by atoms with van der Waals surface area (Å²) < 4.78 is 6.12. The van der Waals surface area contributed by atoms with Crippen LogP contribution in [-0.4, -0.2) is 23.3 Å². The maximum absolute atomic E-state index is 9.21. The Hall–Kier alpha value is -1.52. The predicted molar refractivity (Wildman–Crippen MR) is 85.9 cm³/mol. The van der Waals surface area contributed by atoms with Crippen LogP contribution in [0.1, 0.15) is 38.5 Å². The molecule has 21 heavy (non-hydrogen) atoms. The quantitative estimate of drug-likeness (QED) is 0.673. The van der Waals surface area contributed by atoms with E-state index >= 15 is 0 Å². The molecular weight excluding hydrogens is 263 g/mol. The normalized spacial score (nSPS) is 16.7. The van der Waals surface area contributed by atoms with Gasteiger partial charge in [0.15, 0.2) is 0 Å². The van der Waals surface area contributed by atoms with Crippen molar-refractivity contribution in [1.29, 1.82) is 0 Å². The van der Waals surface area contributed by atoms with Crippen LogP contribution in [0.3, 0.4) is 0 Å². The fraction of sp³-hybridized carbons (Fsp3) is 0.412. The van der Waals surface area contributed by atoms with Gasteiger partial charge in [0.2, 0.25) is 0 Å². The van der Waals surface area contributed by atoms with E-state index in [-0.39, 0.29) is 0 Å². The first-order valence-corrected chi connectivity index (χ1v) is 7.79. The van der Waals surface area contributed by atoms with Crippen LogP contribution in [-0.2, 0) is 0 Å². The van der Waals surface area contributed by atoms with Crippen molar-refractivity contribution in [2.45, 2.75) is 44.6 Å². The number of fused-ring (bicyclic) bond motifs is 1. The van der Waals surface area contributed by atoms with Crippen molar-refractivity contribution in [3.05, 3.63) is 36.4 Å². The summed E-state index contributed by atoms with van der Waals surface area (Å²) in [7, 11) is -1.42.